The van der Waals surface area contributed by atoms with E-state index in [4.69, 9.17) is 5.73 Å². The molecule has 2 aromatic rings. The summed E-state index contributed by atoms with van der Waals surface area (Å²) < 4.78 is 0. The van der Waals surface area contributed by atoms with Crippen LogP contribution in [0.2, 0.25) is 0 Å². The van der Waals surface area contributed by atoms with Crippen LogP contribution in [0.4, 0.5) is 0 Å². The first-order valence-electron chi connectivity index (χ1n) is 5.17. The third kappa shape index (κ3) is 2.32. The minimum absolute atomic E-state index is 0.0462. The maximum absolute atomic E-state index is 10.9. The molecule has 0 atom stereocenters. The number of nitrogens with zero attached hydrogens (tertiary/aromatic N) is 1. The maximum Gasteiger partial charge on any atom is 0.250 e. The van der Waals surface area contributed by atoms with E-state index in [-0.39, 0.29) is 6.61 Å². The Labute approximate surface area is 98.7 Å². The average molecular weight is 228 g/mol. The molecule has 1 aromatic heterocycles. The van der Waals surface area contributed by atoms with Gasteiger partial charge in [0.15, 0.2) is 0 Å². The molecule has 1 aromatic carbocycles. The van der Waals surface area contributed by atoms with Gasteiger partial charge in [0.2, 0.25) is 5.91 Å². The monoisotopic (exact) mass is 228 g/mol. The number of hydrogen-bond donors (Lipinski definition) is 2. The van der Waals surface area contributed by atoms with Crippen LogP contribution in [0.5, 0.6) is 0 Å². The molecule has 1 heterocycles. The summed E-state index contributed by atoms with van der Waals surface area (Å²) >= 11 is 0. The second-order valence-corrected chi connectivity index (χ2v) is 3.61. The van der Waals surface area contributed by atoms with Crippen LogP contribution in [-0.4, -0.2) is 16.0 Å². The number of benzene rings is 1. The number of carbonyl (C=O) groups excluding carboxylic acids is 1. The van der Waals surface area contributed by atoms with Gasteiger partial charge in [-0.15, -0.1) is 0 Å². The Balaban J connectivity index is 2.43. The van der Waals surface area contributed by atoms with Crippen molar-refractivity contribution in [1.82, 2.24) is 4.98 Å². The summed E-state index contributed by atoms with van der Waals surface area (Å²) in [6.45, 7) is -0.0462. The van der Waals surface area contributed by atoms with Crippen LogP contribution in [0.1, 0.15) is 15.9 Å². The number of rotatable bonds is 3. The van der Waals surface area contributed by atoms with Crippen LogP contribution >= 0.6 is 0 Å². The lowest BCUT2D eigenvalue weighted by Gasteiger charge is -2.06. The fraction of sp³-hybridized carbons (Fsp3) is 0.0769. The van der Waals surface area contributed by atoms with Crippen LogP contribution in [0.3, 0.4) is 0 Å². The van der Waals surface area contributed by atoms with E-state index in [9.17, 15) is 9.90 Å². The van der Waals surface area contributed by atoms with Crippen molar-refractivity contribution in [2.24, 2.45) is 5.73 Å². The van der Waals surface area contributed by atoms with Gasteiger partial charge in [-0.25, -0.2) is 0 Å². The van der Waals surface area contributed by atoms with Crippen molar-refractivity contribution in [2.75, 3.05) is 0 Å². The third-order valence-electron chi connectivity index (χ3n) is 2.51. The lowest BCUT2D eigenvalue weighted by atomic mass is 10.0. The number of amides is 1. The highest BCUT2D eigenvalue weighted by atomic mass is 16.3. The summed E-state index contributed by atoms with van der Waals surface area (Å²) in [5.41, 5.74) is 7.87. The molecule has 3 N–H and O–H groups in total. The van der Waals surface area contributed by atoms with Crippen molar-refractivity contribution in [2.45, 2.75) is 6.61 Å². The fourth-order valence-corrected chi connectivity index (χ4v) is 1.61. The van der Waals surface area contributed by atoms with Gasteiger partial charge in [0.25, 0.3) is 0 Å². The predicted octanol–water partition coefficient (Wildman–Crippen LogP) is 1.34. The Morgan fingerprint density at radius 3 is 2.59 bits per heavy atom. The molecule has 0 radical (unpaired) electrons. The normalized spacial score (nSPS) is 10.2. The van der Waals surface area contributed by atoms with Gasteiger partial charge >= 0.3 is 0 Å². The second kappa shape index (κ2) is 4.76. The Kier molecular flexibility index (Phi) is 3.16. The second-order valence-electron chi connectivity index (χ2n) is 3.61. The molecule has 0 spiro atoms. The van der Waals surface area contributed by atoms with Gasteiger partial charge in [-0.2, -0.15) is 0 Å². The molecule has 0 aliphatic heterocycles. The number of pyridine rings is 1. The molecule has 0 aliphatic carbocycles. The molecule has 0 fully saturated rings. The summed E-state index contributed by atoms with van der Waals surface area (Å²) in [7, 11) is 0. The van der Waals surface area contributed by atoms with Crippen molar-refractivity contribution in [1.29, 1.82) is 0 Å². The SMILES string of the molecule is NC(=O)c1ccc(-c2ccccc2CO)nc1. The smallest absolute Gasteiger partial charge is 0.250 e. The molecular formula is C13H12N2O2. The zero-order valence-corrected chi connectivity index (χ0v) is 9.13. The van der Waals surface area contributed by atoms with Gasteiger partial charge < -0.3 is 10.8 Å². The molecule has 0 saturated carbocycles. The highest BCUT2D eigenvalue weighted by Gasteiger charge is 2.06. The summed E-state index contributed by atoms with van der Waals surface area (Å²) in [4.78, 5) is 15.1. The van der Waals surface area contributed by atoms with E-state index in [0.29, 0.717) is 11.3 Å². The van der Waals surface area contributed by atoms with Gasteiger partial charge in [0, 0.05) is 11.8 Å². The minimum Gasteiger partial charge on any atom is -0.392 e. The van der Waals surface area contributed by atoms with Crippen molar-refractivity contribution >= 4 is 5.91 Å². The molecule has 4 nitrogen and oxygen atoms in total. The van der Waals surface area contributed by atoms with Gasteiger partial charge in [-0.1, -0.05) is 24.3 Å². The minimum atomic E-state index is -0.500. The topological polar surface area (TPSA) is 76.2 Å². The number of carbonyl (C=O) groups is 1. The van der Waals surface area contributed by atoms with Crippen LogP contribution < -0.4 is 5.73 Å². The number of hydrogen-bond acceptors (Lipinski definition) is 3. The van der Waals surface area contributed by atoms with E-state index < -0.39 is 5.91 Å². The molecule has 0 bridgehead atoms. The highest BCUT2D eigenvalue weighted by Crippen LogP contribution is 2.21. The van der Waals surface area contributed by atoms with E-state index in [2.05, 4.69) is 4.98 Å². The molecule has 0 saturated heterocycles. The molecule has 2 rings (SSSR count). The largest absolute Gasteiger partial charge is 0.392 e. The van der Waals surface area contributed by atoms with E-state index in [1.807, 2.05) is 24.3 Å². The fourth-order valence-electron chi connectivity index (χ4n) is 1.61. The van der Waals surface area contributed by atoms with Gasteiger partial charge in [-0.3, -0.25) is 9.78 Å². The van der Waals surface area contributed by atoms with Crippen molar-refractivity contribution in [3.05, 3.63) is 53.7 Å². The maximum atomic E-state index is 10.9. The number of aliphatic hydroxyl groups excluding tert-OH is 1. The van der Waals surface area contributed by atoms with E-state index in [1.54, 1.807) is 12.1 Å². The third-order valence-corrected chi connectivity index (χ3v) is 2.51. The zero-order chi connectivity index (χ0) is 12.3. The Morgan fingerprint density at radius 1 is 1.24 bits per heavy atom. The Morgan fingerprint density at radius 2 is 2.00 bits per heavy atom. The van der Waals surface area contributed by atoms with E-state index in [1.165, 1.54) is 6.20 Å². The quantitative estimate of drug-likeness (QED) is 0.832. The first kappa shape index (κ1) is 11.3. The first-order chi connectivity index (χ1) is 8.22. The molecule has 4 heteroatoms. The standard InChI is InChI=1S/C13H12N2O2/c14-13(17)9-5-6-12(15-7-9)11-4-2-1-3-10(11)8-16/h1-7,16H,8H2,(H2,14,17). The lowest BCUT2D eigenvalue weighted by molar-refractivity contribution is 0.1000. The van der Waals surface area contributed by atoms with Crippen molar-refractivity contribution in [3.8, 4) is 11.3 Å². The van der Waals surface area contributed by atoms with Gasteiger partial charge in [-0.05, 0) is 17.7 Å². The van der Waals surface area contributed by atoms with Crippen molar-refractivity contribution < 1.29 is 9.90 Å². The van der Waals surface area contributed by atoms with Crippen LogP contribution in [0.25, 0.3) is 11.3 Å². The summed E-state index contributed by atoms with van der Waals surface area (Å²) in [6, 6.07) is 10.8. The van der Waals surface area contributed by atoms with Gasteiger partial charge in [0.05, 0.1) is 17.9 Å². The summed E-state index contributed by atoms with van der Waals surface area (Å²) in [5.74, 6) is -0.500. The van der Waals surface area contributed by atoms with Gasteiger partial charge in [0.1, 0.15) is 0 Å². The molecule has 1 amide bonds. The highest BCUT2D eigenvalue weighted by molar-refractivity contribution is 5.92. The Bertz CT molecular complexity index is 535. The molecule has 0 unspecified atom stereocenters. The van der Waals surface area contributed by atoms with Crippen LogP contribution in [0, 0.1) is 0 Å². The number of aromatic nitrogens is 1. The molecular weight excluding hydrogens is 216 g/mol. The summed E-state index contributed by atoms with van der Waals surface area (Å²) in [5, 5.41) is 9.22. The average Bonchev–Trinajstić information content (AvgIpc) is 2.39. The molecule has 86 valence electrons. The summed E-state index contributed by atoms with van der Waals surface area (Å²) in [6.07, 6.45) is 1.44. The number of primary amides is 1. The van der Waals surface area contributed by atoms with Crippen molar-refractivity contribution in [3.63, 3.8) is 0 Å². The van der Waals surface area contributed by atoms with E-state index in [0.717, 1.165) is 11.1 Å². The lowest BCUT2D eigenvalue weighted by Crippen LogP contribution is -2.11. The molecule has 0 aliphatic rings. The number of aliphatic hydroxyl groups is 1. The Hall–Kier alpha value is -2.20. The van der Waals surface area contributed by atoms with Crippen LogP contribution in [-0.2, 0) is 6.61 Å². The molecule has 17 heavy (non-hydrogen) atoms. The van der Waals surface area contributed by atoms with Crippen LogP contribution in [0.15, 0.2) is 42.6 Å². The first-order valence-corrected chi connectivity index (χ1v) is 5.17. The zero-order valence-electron chi connectivity index (χ0n) is 9.13. The van der Waals surface area contributed by atoms with E-state index >= 15 is 0 Å². The number of nitrogens with two attached hydrogens (primary N) is 1. The predicted molar refractivity (Wildman–Crippen MR) is 64.1 cm³/mol.